The maximum absolute atomic E-state index is 6.71. The highest BCUT2D eigenvalue weighted by Crippen LogP contribution is 2.47. The summed E-state index contributed by atoms with van der Waals surface area (Å²) in [5.41, 5.74) is 10.8. The average Bonchev–Trinajstić information content (AvgIpc) is 3.76. The summed E-state index contributed by atoms with van der Waals surface area (Å²) >= 11 is 0. The van der Waals surface area contributed by atoms with E-state index in [9.17, 15) is 0 Å². The SMILES string of the molecule is c1ccc(-c2c3ccccc3c(-c3cccc(-c4ccc5oc6c(c5c4)c4ccccc4c4oc5ccccc5c46)c3)c3ccccc23)cc1. The Morgan fingerprint density at radius 1 is 0.260 bits per heavy atom. The Hall–Kier alpha value is -6.64. The molecule has 0 saturated carbocycles. The number of hydrogen-bond acceptors (Lipinski definition) is 2. The third kappa shape index (κ3) is 3.85. The highest BCUT2D eigenvalue weighted by molar-refractivity contribution is 6.33. The van der Waals surface area contributed by atoms with Gasteiger partial charge in [0.05, 0.1) is 5.39 Å². The van der Waals surface area contributed by atoms with Crippen molar-refractivity contribution >= 4 is 76.2 Å². The monoisotopic (exact) mass is 636 g/mol. The molecule has 50 heavy (non-hydrogen) atoms. The minimum absolute atomic E-state index is 0.870. The topological polar surface area (TPSA) is 26.3 Å². The first kappa shape index (κ1) is 27.3. The van der Waals surface area contributed by atoms with E-state index < -0.39 is 0 Å². The lowest BCUT2D eigenvalue weighted by atomic mass is 9.85. The summed E-state index contributed by atoms with van der Waals surface area (Å²) in [7, 11) is 0. The molecule has 11 rings (SSSR count). The molecule has 0 bridgehead atoms. The van der Waals surface area contributed by atoms with Crippen LogP contribution in [0.3, 0.4) is 0 Å². The van der Waals surface area contributed by atoms with E-state index in [4.69, 9.17) is 8.83 Å². The van der Waals surface area contributed by atoms with E-state index in [0.29, 0.717) is 0 Å². The lowest BCUT2D eigenvalue weighted by Gasteiger charge is -2.18. The maximum Gasteiger partial charge on any atom is 0.147 e. The van der Waals surface area contributed by atoms with E-state index in [1.165, 1.54) is 43.8 Å². The summed E-state index contributed by atoms with van der Waals surface area (Å²) < 4.78 is 13.2. The molecule has 0 radical (unpaired) electrons. The number of hydrogen-bond donors (Lipinski definition) is 0. The molecule has 0 amide bonds. The summed E-state index contributed by atoms with van der Waals surface area (Å²) in [5, 5.41) is 11.6. The van der Waals surface area contributed by atoms with Crippen LogP contribution in [0.25, 0.3) is 110 Å². The fraction of sp³-hybridized carbons (Fsp3) is 0. The number of rotatable bonds is 3. The van der Waals surface area contributed by atoms with Crippen molar-refractivity contribution in [1.82, 2.24) is 0 Å². The standard InChI is InChI=1S/C48H28O2/c1-2-13-29(14-3-1)43-33-17-4-6-19-35(33)44(36-20-7-5-18-34(36)43)32-16-12-15-30(27-32)31-25-26-42-40(28-31)45-37-21-8-9-22-38(37)47-46(48(45)50-42)39-23-10-11-24-41(39)49-47/h1-28H. The molecule has 0 aliphatic carbocycles. The number of fused-ring (bicyclic) bond motifs is 12. The highest BCUT2D eigenvalue weighted by Gasteiger charge is 2.21. The molecule has 11 aromatic rings. The van der Waals surface area contributed by atoms with Crippen LogP contribution in [0, 0.1) is 0 Å². The van der Waals surface area contributed by atoms with Gasteiger partial charge in [0.2, 0.25) is 0 Å². The lowest BCUT2D eigenvalue weighted by Crippen LogP contribution is -1.91. The van der Waals surface area contributed by atoms with Gasteiger partial charge in [0.1, 0.15) is 22.3 Å². The van der Waals surface area contributed by atoms with Crippen LogP contribution in [0.5, 0.6) is 0 Å². The molecule has 0 spiro atoms. The van der Waals surface area contributed by atoms with Gasteiger partial charge in [-0.3, -0.25) is 0 Å². The van der Waals surface area contributed by atoms with E-state index in [-0.39, 0.29) is 0 Å². The van der Waals surface area contributed by atoms with Crippen molar-refractivity contribution in [3.05, 3.63) is 170 Å². The maximum atomic E-state index is 6.71. The zero-order valence-electron chi connectivity index (χ0n) is 27.0. The van der Waals surface area contributed by atoms with Crippen molar-refractivity contribution in [2.75, 3.05) is 0 Å². The van der Waals surface area contributed by atoms with Crippen molar-refractivity contribution in [3.8, 4) is 33.4 Å². The van der Waals surface area contributed by atoms with Crippen LogP contribution in [0.4, 0.5) is 0 Å². The van der Waals surface area contributed by atoms with Crippen LogP contribution >= 0.6 is 0 Å². The van der Waals surface area contributed by atoms with Crippen molar-refractivity contribution in [2.45, 2.75) is 0 Å². The van der Waals surface area contributed by atoms with Crippen molar-refractivity contribution in [2.24, 2.45) is 0 Å². The third-order valence-corrected chi connectivity index (χ3v) is 10.4. The molecular weight excluding hydrogens is 609 g/mol. The molecular formula is C48H28O2. The quantitative estimate of drug-likeness (QED) is 0.180. The minimum Gasteiger partial charge on any atom is -0.455 e. The van der Waals surface area contributed by atoms with E-state index in [1.807, 2.05) is 12.1 Å². The first-order valence-corrected chi connectivity index (χ1v) is 17.1. The summed E-state index contributed by atoms with van der Waals surface area (Å²) in [5.74, 6) is 0. The fourth-order valence-corrected chi connectivity index (χ4v) is 8.29. The summed E-state index contributed by atoms with van der Waals surface area (Å²) in [6, 6.07) is 60.8. The van der Waals surface area contributed by atoms with Gasteiger partial charge in [0.25, 0.3) is 0 Å². The largest absolute Gasteiger partial charge is 0.455 e. The summed E-state index contributed by atoms with van der Waals surface area (Å²) in [6.45, 7) is 0. The highest BCUT2D eigenvalue weighted by atomic mass is 16.3. The van der Waals surface area contributed by atoms with E-state index >= 15 is 0 Å². The fourth-order valence-electron chi connectivity index (χ4n) is 8.29. The van der Waals surface area contributed by atoms with Gasteiger partial charge >= 0.3 is 0 Å². The average molecular weight is 637 g/mol. The van der Waals surface area contributed by atoms with Gasteiger partial charge in [-0.2, -0.15) is 0 Å². The molecule has 2 nitrogen and oxygen atoms in total. The molecule has 0 N–H and O–H groups in total. The summed E-state index contributed by atoms with van der Waals surface area (Å²) in [6.07, 6.45) is 0. The smallest absolute Gasteiger partial charge is 0.147 e. The van der Waals surface area contributed by atoms with Crippen LogP contribution in [-0.4, -0.2) is 0 Å². The second-order valence-electron chi connectivity index (χ2n) is 13.2. The molecule has 0 saturated heterocycles. The van der Waals surface area contributed by atoms with Crippen LogP contribution in [-0.2, 0) is 0 Å². The number of furan rings is 2. The van der Waals surface area contributed by atoms with Crippen molar-refractivity contribution in [3.63, 3.8) is 0 Å². The Balaban J connectivity index is 1.16. The third-order valence-electron chi connectivity index (χ3n) is 10.4. The molecule has 0 unspecified atom stereocenters. The molecule has 0 atom stereocenters. The predicted octanol–water partition coefficient (Wildman–Crippen LogP) is 13.9. The van der Waals surface area contributed by atoms with Gasteiger partial charge in [0, 0.05) is 21.5 Å². The molecule has 9 aromatic carbocycles. The molecule has 0 aliphatic heterocycles. The molecule has 2 heteroatoms. The zero-order chi connectivity index (χ0) is 32.8. The Morgan fingerprint density at radius 3 is 1.48 bits per heavy atom. The van der Waals surface area contributed by atoms with Crippen LogP contribution in [0.1, 0.15) is 0 Å². The normalized spacial score (nSPS) is 12.0. The van der Waals surface area contributed by atoms with Crippen molar-refractivity contribution < 1.29 is 8.83 Å². The Bertz CT molecular complexity index is 3080. The van der Waals surface area contributed by atoms with E-state index in [0.717, 1.165) is 65.8 Å². The van der Waals surface area contributed by atoms with E-state index in [1.54, 1.807) is 0 Å². The van der Waals surface area contributed by atoms with Gasteiger partial charge < -0.3 is 8.83 Å². The van der Waals surface area contributed by atoms with Gasteiger partial charge in [-0.25, -0.2) is 0 Å². The minimum atomic E-state index is 0.870. The predicted molar refractivity (Wildman–Crippen MR) is 210 cm³/mol. The van der Waals surface area contributed by atoms with Gasteiger partial charge in [-0.05, 0) is 84.6 Å². The van der Waals surface area contributed by atoms with Gasteiger partial charge in [0.15, 0.2) is 0 Å². The Kier molecular flexibility index (Phi) is 5.70. The first-order valence-electron chi connectivity index (χ1n) is 17.1. The van der Waals surface area contributed by atoms with Gasteiger partial charge in [-0.15, -0.1) is 0 Å². The molecule has 2 aromatic heterocycles. The van der Waals surface area contributed by atoms with Crippen molar-refractivity contribution in [1.29, 1.82) is 0 Å². The molecule has 2 heterocycles. The Labute approximate surface area is 287 Å². The molecule has 0 fully saturated rings. The first-order chi connectivity index (χ1) is 24.8. The number of benzene rings is 9. The van der Waals surface area contributed by atoms with E-state index in [2.05, 4.69) is 158 Å². The van der Waals surface area contributed by atoms with Crippen LogP contribution in [0.2, 0.25) is 0 Å². The van der Waals surface area contributed by atoms with Gasteiger partial charge in [-0.1, -0.05) is 146 Å². The number of para-hydroxylation sites is 1. The second-order valence-corrected chi connectivity index (χ2v) is 13.2. The zero-order valence-corrected chi connectivity index (χ0v) is 27.0. The Morgan fingerprint density at radius 2 is 0.760 bits per heavy atom. The van der Waals surface area contributed by atoms with Crippen LogP contribution in [0.15, 0.2) is 179 Å². The molecule has 232 valence electrons. The summed E-state index contributed by atoms with van der Waals surface area (Å²) in [4.78, 5) is 0. The molecule has 0 aliphatic rings. The second kappa shape index (κ2) is 10.4. The lowest BCUT2D eigenvalue weighted by molar-refractivity contribution is 0.665. The van der Waals surface area contributed by atoms with Crippen LogP contribution < -0.4 is 0 Å².